The van der Waals surface area contributed by atoms with Gasteiger partial charge in [-0.3, -0.25) is 0 Å². The molecule has 23 heavy (non-hydrogen) atoms. The molecule has 8 heteroatoms. The second-order valence-corrected chi connectivity index (χ2v) is 5.61. The van der Waals surface area contributed by atoms with Gasteiger partial charge in [0.05, 0.1) is 13.2 Å². The second kappa shape index (κ2) is 18.9. The number of carbonyl (C=O) groups is 1. The van der Waals surface area contributed by atoms with Gasteiger partial charge in [-0.1, -0.05) is 52.4 Å². The van der Waals surface area contributed by atoms with Crippen LogP contribution in [0.5, 0.6) is 0 Å². The number of hydrogen-bond acceptors (Lipinski definition) is 6. The zero-order valence-electron chi connectivity index (χ0n) is 14.2. The summed E-state index contributed by atoms with van der Waals surface area (Å²) >= 11 is 8.88. The predicted octanol–water partition coefficient (Wildman–Crippen LogP) is 3.79. The maximum absolute atomic E-state index is 10.5. The first-order valence-electron chi connectivity index (χ1n) is 8.00. The largest absolute Gasteiger partial charge is 0.515 e. The quantitative estimate of drug-likeness (QED) is 0.342. The van der Waals surface area contributed by atoms with Crippen molar-refractivity contribution in [2.75, 3.05) is 13.2 Å². The van der Waals surface area contributed by atoms with Gasteiger partial charge in [-0.25, -0.2) is 4.79 Å². The molecule has 0 aliphatic rings. The van der Waals surface area contributed by atoms with Gasteiger partial charge in [-0.05, 0) is 37.3 Å². The van der Waals surface area contributed by atoms with Crippen molar-refractivity contribution in [1.29, 1.82) is 0 Å². The summed E-state index contributed by atoms with van der Waals surface area (Å²) in [7, 11) is 0. The second-order valence-electron chi connectivity index (χ2n) is 4.81. The Kier molecular flexibility index (Phi) is 19.8. The molecule has 0 aliphatic carbocycles. The molecule has 0 aromatic carbocycles. The molecule has 0 saturated heterocycles. The van der Waals surface area contributed by atoms with Crippen molar-refractivity contribution in [3.63, 3.8) is 0 Å². The highest BCUT2D eigenvalue weighted by atomic mass is 32.1. The van der Waals surface area contributed by atoms with Crippen LogP contribution >= 0.6 is 24.4 Å². The highest BCUT2D eigenvalue weighted by Gasteiger charge is 2.03. The van der Waals surface area contributed by atoms with Gasteiger partial charge in [-0.15, -0.1) is 0 Å². The molecule has 0 aromatic rings. The fourth-order valence-electron chi connectivity index (χ4n) is 1.47. The van der Waals surface area contributed by atoms with Crippen molar-refractivity contribution in [2.24, 2.45) is 11.5 Å². The summed E-state index contributed by atoms with van der Waals surface area (Å²) in [6.07, 6.45) is 8.51. The average molecular weight is 367 g/mol. The summed E-state index contributed by atoms with van der Waals surface area (Å²) in [5, 5.41) is -0.143. The SMILES string of the molecule is CCCCCCCCOC(N)=S.CCCCOC(=O)OC(N)=S. The molecule has 0 aromatic heterocycles. The third-order valence-electron chi connectivity index (χ3n) is 2.64. The third kappa shape index (κ3) is 26.1. The Morgan fingerprint density at radius 2 is 1.30 bits per heavy atom. The smallest absolute Gasteiger partial charge is 0.471 e. The van der Waals surface area contributed by atoms with E-state index in [2.05, 4.69) is 40.8 Å². The van der Waals surface area contributed by atoms with Crippen molar-refractivity contribution in [3.05, 3.63) is 0 Å². The summed E-state index contributed by atoms with van der Waals surface area (Å²) in [5.74, 6) is 0. The van der Waals surface area contributed by atoms with Crippen molar-refractivity contribution in [2.45, 2.75) is 65.2 Å². The summed E-state index contributed by atoms with van der Waals surface area (Å²) in [6.45, 7) is 5.23. The first kappa shape index (κ1) is 24.1. The highest BCUT2D eigenvalue weighted by molar-refractivity contribution is 7.80. The molecule has 0 rings (SSSR count). The van der Waals surface area contributed by atoms with Gasteiger partial charge in [0.15, 0.2) is 0 Å². The van der Waals surface area contributed by atoms with Gasteiger partial charge < -0.3 is 25.7 Å². The predicted molar refractivity (Wildman–Crippen MR) is 100 cm³/mol. The average Bonchev–Trinajstić information content (AvgIpc) is 2.46. The van der Waals surface area contributed by atoms with Gasteiger partial charge in [0, 0.05) is 0 Å². The minimum atomic E-state index is -0.828. The van der Waals surface area contributed by atoms with Gasteiger partial charge in [0.25, 0.3) is 10.3 Å². The van der Waals surface area contributed by atoms with E-state index in [1.165, 1.54) is 32.1 Å². The Bertz CT molecular complexity index is 329. The zero-order chi connectivity index (χ0) is 17.9. The minimum Gasteiger partial charge on any atom is -0.471 e. The van der Waals surface area contributed by atoms with E-state index in [-0.39, 0.29) is 10.3 Å². The summed E-state index contributed by atoms with van der Waals surface area (Å²) in [4.78, 5) is 10.5. The molecular formula is C15H30N2O4S2. The van der Waals surface area contributed by atoms with Gasteiger partial charge >= 0.3 is 6.16 Å². The Hall–Kier alpha value is -1.15. The topological polar surface area (TPSA) is 96.8 Å². The first-order valence-corrected chi connectivity index (χ1v) is 8.81. The lowest BCUT2D eigenvalue weighted by Gasteiger charge is -2.02. The van der Waals surface area contributed by atoms with Crippen LogP contribution in [0.25, 0.3) is 0 Å². The van der Waals surface area contributed by atoms with Crippen molar-refractivity contribution >= 4 is 40.9 Å². The number of rotatable bonds is 10. The van der Waals surface area contributed by atoms with Crippen LogP contribution in [0.2, 0.25) is 0 Å². The van der Waals surface area contributed by atoms with E-state index in [1.807, 2.05) is 6.92 Å². The molecule has 0 aliphatic heterocycles. The summed E-state index contributed by atoms with van der Waals surface area (Å²) in [6, 6.07) is 0. The lowest BCUT2D eigenvalue weighted by molar-refractivity contribution is 0.0949. The van der Waals surface area contributed by atoms with Crippen LogP contribution in [0, 0.1) is 0 Å². The number of thiocarbonyl (C=S) groups is 2. The normalized spacial score (nSPS) is 9.30. The van der Waals surface area contributed by atoms with Crippen LogP contribution in [0.1, 0.15) is 65.2 Å². The number of hydrogen-bond donors (Lipinski definition) is 2. The van der Waals surface area contributed by atoms with Crippen molar-refractivity contribution in [1.82, 2.24) is 0 Å². The van der Waals surface area contributed by atoms with E-state index >= 15 is 0 Å². The standard InChI is InChI=1S/C9H19NOS.C6H11NO3S/c1-2-3-4-5-6-7-8-11-9(10)12;1-2-3-4-9-6(8)10-5(7)11/h2-8H2,1H3,(H2,10,12);2-4H2,1H3,(H2,7,11). The van der Waals surface area contributed by atoms with E-state index in [4.69, 9.17) is 16.2 Å². The molecule has 0 radical (unpaired) electrons. The number of carbonyl (C=O) groups excluding carboxylic acids is 1. The van der Waals surface area contributed by atoms with Crippen molar-refractivity contribution in [3.8, 4) is 0 Å². The molecule has 0 heterocycles. The molecule has 0 spiro atoms. The van der Waals surface area contributed by atoms with Crippen LogP contribution in [0.3, 0.4) is 0 Å². The Morgan fingerprint density at radius 3 is 1.83 bits per heavy atom. The number of ether oxygens (including phenoxy) is 3. The number of unbranched alkanes of at least 4 members (excludes halogenated alkanes) is 6. The minimum absolute atomic E-state index is 0.170. The maximum Gasteiger partial charge on any atom is 0.515 e. The molecule has 0 atom stereocenters. The van der Waals surface area contributed by atoms with E-state index in [0.29, 0.717) is 13.2 Å². The molecule has 0 amide bonds. The van der Waals surface area contributed by atoms with Crippen LogP contribution in [-0.2, 0) is 14.2 Å². The lowest BCUT2D eigenvalue weighted by atomic mass is 10.1. The molecular weight excluding hydrogens is 336 g/mol. The Morgan fingerprint density at radius 1 is 0.783 bits per heavy atom. The van der Waals surface area contributed by atoms with Gasteiger partial charge in [0.2, 0.25) is 0 Å². The first-order chi connectivity index (χ1) is 10.9. The van der Waals surface area contributed by atoms with E-state index in [9.17, 15) is 4.79 Å². The summed E-state index contributed by atoms with van der Waals surface area (Å²) in [5.41, 5.74) is 10.1. The van der Waals surface area contributed by atoms with Crippen LogP contribution < -0.4 is 11.5 Å². The van der Waals surface area contributed by atoms with Crippen LogP contribution in [0.15, 0.2) is 0 Å². The highest BCUT2D eigenvalue weighted by Crippen LogP contribution is 2.04. The third-order valence-corrected chi connectivity index (χ3v) is 2.85. The lowest BCUT2D eigenvalue weighted by Crippen LogP contribution is -2.19. The molecule has 0 saturated carbocycles. The van der Waals surface area contributed by atoms with Gasteiger partial charge in [0.1, 0.15) is 0 Å². The molecule has 4 N–H and O–H groups in total. The number of nitrogens with two attached hydrogens (primary N) is 2. The Labute approximate surface area is 150 Å². The van der Waals surface area contributed by atoms with E-state index < -0.39 is 6.16 Å². The zero-order valence-corrected chi connectivity index (χ0v) is 15.8. The molecule has 0 unspecified atom stereocenters. The van der Waals surface area contributed by atoms with E-state index in [1.54, 1.807) is 0 Å². The molecule has 0 fully saturated rings. The molecule has 6 nitrogen and oxygen atoms in total. The van der Waals surface area contributed by atoms with Gasteiger partial charge in [-0.2, -0.15) is 0 Å². The monoisotopic (exact) mass is 366 g/mol. The fraction of sp³-hybridized carbons (Fsp3) is 0.800. The Balaban J connectivity index is 0. The molecule has 0 bridgehead atoms. The maximum atomic E-state index is 10.5. The van der Waals surface area contributed by atoms with Crippen LogP contribution in [-0.4, -0.2) is 29.7 Å². The van der Waals surface area contributed by atoms with E-state index in [0.717, 1.165) is 19.3 Å². The van der Waals surface area contributed by atoms with Crippen LogP contribution in [0.4, 0.5) is 4.79 Å². The van der Waals surface area contributed by atoms with Crippen molar-refractivity contribution < 1.29 is 19.0 Å². The summed E-state index contributed by atoms with van der Waals surface area (Å²) < 4.78 is 13.8. The molecule has 136 valence electrons. The fourth-order valence-corrected chi connectivity index (χ4v) is 1.62.